The quantitative estimate of drug-likeness (QED) is 0.756. The Morgan fingerprint density at radius 1 is 1.50 bits per heavy atom. The third kappa shape index (κ3) is 4.32. The lowest BCUT2D eigenvalue weighted by Crippen LogP contribution is -2.36. The maximum absolute atomic E-state index is 12.1. The highest BCUT2D eigenvalue weighted by atomic mass is 32.2. The van der Waals surface area contributed by atoms with E-state index in [-0.39, 0.29) is 22.5 Å². The van der Waals surface area contributed by atoms with Gasteiger partial charge in [0.1, 0.15) is 10.6 Å². The molecule has 0 bridgehead atoms. The van der Waals surface area contributed by atoms with E-state index >= 15 is 0 Å². The lowest BCUT2D eigenvalue weighted by molar-refractivity contribution is 0.0863. The molecule has 7 nitrogen and oxygen atoms in total. The van der Waals surface area contributed by atoms with Crippen LogP contribution < -0.4 is 10.5 Å². The van der Waals surface area contributed by atoms with Gasteiger partial charge in [0.2, 0.25) is 10.0 Å². The highest BCUT2D eigenvalue weighted by molar-refractivity contribution is 7.89. The van der Waals surface area contributed by atoms with Crippen LogP contribution >= 0.6 is 0 Å². The number of carbonyl (C=O) groups is 1. The third-order valence-corrected chi connectivity index (χ3v) is 3.60. The molecule has 1 atom stereocenters. The SMILES string of the molecule is CCOCC(C)NC(=O)c1cc(S(N)(=O)=O)cn1CC. The van der Waals surface area contributed by atoms with Crippen molar-refractivity contribution in [3.8, 4) is 0 Å². The van der Waals surface area contributed by atoms with Gasteiger partial charge < -0.3 is 14.6 Å². The molecule has 0 fully saturated rings. The number of amides is 1. The Balaban J connectivity index is 2.90. The Hall–Kier alpha value is -1.38. The van der Waals surface area contributed by atoms with Gasteiger partial charge in [0.05, 0.1) is 6.61 Å². The van der Waals surface area contributed by atoms with E-state index in [4.69, 9.17) is 9.88 Å². The lowest BCUT2D eigenvalue weighted by Gasteiger charge is -2.14. The highest BCUT2D eigenvalue weighted by Crippen LogP contribution is 2.13. The summed E-state index contributed by atoms with van der Waals surface area (Å²) in [6.45, 7) is 6.94. The van der Waals surface area contributed by atoms with Gasteiger partial charge in [0.25, 0.3) is 5.91 Å². The smallest absolute Gasteiger partial charge is 0.268 e. The van der Waals surface area contributed by atoms with Gasteiger partial charge in [-0.25, -0.2) is 13.6 Å². The normalized spacial score (nSPS) is 13.2. The fraction of sp³-hybridized carbons (Fsp3) is 0.583. The average molecular weight is 303 g/mol. The summed E-state index contributed by atoms with van der Waals surface area (Å²) in [6.07, 6.45) is 1.36. The Labute approximate surface area is 119 Å². The van der Waals surface area contributed by atoms with Crippen LogP contribution in [-0.4, -0.2) is 38.1 Å². The van der Waals surface area contributed by atoms with Gasteiger partial charge in [-0.15, -0.1) is 0 Å². The summed E-state index contributed by atoms with van der Waals surface area (Å²) in [6, 6.07) is 1.11. The molecular formula is C12H21N3O4S. The zero-order valence-corrected chi connectivity index (χ0v) is 12.7. The van der Waals surface area contributed by atoms with Crippen LogP contribution in [0.5, 0.6) is 0 Å². The topological polar surface area (TPSA) is 103 Å². The summed E-state index contributed by atoms with van der Waals surface area (Å²) in [4.78, 5) is 12.0. The van der Waals surface area contributed by atoms with E-state index in [0.717, 1.165) is 0 Å². The molecule has 0 saturated heterocycles. The molecule has 1 amide bonds. The number of sulfonamides is 1. The number of nitrogens with zero attached hydrogens (tertiary/aromatic N) is 1. The van der Waals surface area contributed by atoms with Crippen molar-refractivity contribution in [2.75, 3.05) is 13.2 Å². The minimum Gasteiger partial charge on any atom is -0.380 e. The second-order valence-electron chi connectivity index (χ2n) is 4.43. The first kappa shape index (κ1) is 16.7. The standard InChI is InChI=1S/C12H21N3O4S/c1-4-15-7-10(20(13,17)18)6-11(15)12(16)14-9(3)8-19-5-2/h6-7,9H,4-5,8H2,1-3H3,(H,14,16)(H2,13,17,18). The molecule has 1 aromatic heterocycles. The summed E-state index contributed by atoms with van der Waals surface area (Å²) in [7, 11) is -3.82. The molecule has 1 heterocycles. The molecule has 3 N–H and O–H groups in total. The molecule has 8 heteroatoms. The van der Waals surface area contributed by atoms with Crippen molar-refractivity contribution in [1.82, 2.24) is 9.88 Å². The largest absolute Gasteiger partial charge is 0.380 e. The van der Waals surface area contributed by atoms with Crippen molar-refractivity contribution in [1.29, 1.82) is 0 Å². The number of nitrogens with one attached hydrogen (secondary N) is 1. The van der Waals surface area contributed by atoms with Gasteiger partial charge >= 0.3 is 0 Å². The van der Waals surface area contributed by atoms with Gasteiger partial charge in [-0.05, 0) is 26.8 Å². The van der Waals surface area contributed by atoms with E-state index < -0.39 is 10.0 Å². The number of aromatic nitrogens is 1. The van der Waals surface area contributed by atoms with Crippen molar-refractivity contribution in [3.05, 3.63) is 18.0 Å². The van der Waals surface area contributed by atoms with Crippen LogP contribution in [0, 0.1) is 0 Å². The molecule has 20 heavy (non-hydrogen) atoms. The molecule has 0 radical (unpaired) electrons. The summed E-state index contributed by atoms with van der Waals surface area (Å²) >= 11 is 0. The number of nitrogens with two attached hydrogens (primary N) is 1. The Morgan fingerprint density at radius 2 is 2.15 bits per heavy atom. The summed E-state index contributed by atoms with van der Waals surface area (Å²) in [5.74, 6) is -0.353. The molecule has 1 aromatic rings. The van der Waals surface area contributed by atoms with Crippen molar-refractivity contribution >= 4 is 15.9 Å². The monoisotopic (exact) mass is 303 g/mol. The molecule has 114 valence electrons. The molecule has 0 aliphatic rings. The van der Waals surface area contributed by atoms with Crippen LogP contribution in [0.15, 0.2) is 17.2 Å². The Kier molecular flexibility index (Phi) is 5.73. The van der Waals surface area contributed by atoms with Crippen LogP contribution in [0.25, 0.3) is 0 Å². The minimum atomic E-state index is -3.82. The number of carbonyl (C=O) groups excluding carboxylic acids is 1. The van der Waals surface area contributed by atoms with Crippen LogP contribution in [0.2, 0.25) is 0 Å². The summed E-state index contributed by atoms with van der Waals surface area (Å²) in [5.41, 5.74) is 0.264. The molecule has 0 saturated carbocycles. The van der Waals surface area contributed by atoms with Crippen LogP contribution in [0.4, 0.5) is 0 Å². The molecular weight excluding hydrogens is 282 g/mol. The minimum absolute atomic E-state index is 0.0676. The van der Waals surface area contributed by atoms with E-state index in [1.165, 1.54) is 12.3 Å². The van der Waals surface area contributed by atoms with Crippen LogP contribution in [0.1, 0.15) is 31.3 Å². The van der Waals surface area contributed by atoms with E-state index in [1.807, 2.05) is 20.8 Å². The second kappa shape index (κ2) is 6.87. The Morgan fingerprint density at radius 3 is 2.65 bits per heavy atom. The van der Waals surface area contributed by atoms with Crippen molar-refractivity contribution in [2.45, 2.75) is 38.3 Å². The molecule has 0 aliphatic heterocycles. The van der Waals surface area contributed by atoms with Gasteiger partial charge in [-0.1, -0.05) is 0 Å². The van der Waals surface area contributed by atoms with E-state index in [0.29, 0.717) is 19.8 Å². The Bertz CT molecular complexity index is 565. The molecule has 1 rings (SSSR count). The van der Waals surface area contributed by atoms with E-state index in [2.05, 4.69) is 5.32 Å². The number of aryl methyl sites for hydroxylation is 1. The lowest BCUT2D eigenvalue weighted by atomic mass is 10.3. The van der Waals surface area contributed by atoms with Crippen molar-refractivity contribution in [3.63, 3.8) is 0 Å². The van der Waals surface area contributed by atoms with Crippen LogP contribution in [-0.2, 0) is 21.3 Å². The first-order valence-electron chi connectivity index (χ1n) is 6.41. The van der Waals surface area contributed by atoms with E-state index in [1.54, 1.807) is 4.57 Å². The second-order valence-corrected chi connectivity index (χ2v) is 5.99. The zero-order chi connectivity index (χ0) is 15.3. The van der Waals surface area contributed by atoms with Gasteiger partial charge in [0, 0.05) is 25.4 Å². The number of rotatable bonds is 7. The van der Waals surface area contributed by atoms with E-state index in [9.17, 15) is 13.2 Å². The molecule has 0 aliphatic carbocycles. The van der Waals surface area contributed by atoms with Gasteiger partial charge in [0.15, 0.2) is 0 Å². The fourth-order valence-electron chi connectivity index (χ4n) is 1.73. The molecule has 1 unspecified atom stereocenters. The highest BCUT2D eigenvalue weighted by Gasteiger charge is 2.19. The predicted molar refractivity (Wildman–Crippen MR) is 74.9 cm³/mol. The number of hydrogen-bond donors (Lipinski definition) is 2. The maximum atomic E-state index is 12.1. The van der Waals surface area contributed by atoms with Gasteiger partial charge in [-0.3, -0.25) is 4.79 Å². The number of primary sulfonamides is 1. The van der Waals surface area contributed by atoms with Gasteiger partial charge in [-0.2, -0.15) is 0 Å². The molecule has 0 spiro atoms. The summed E-state index contributed by atoms with van der Waals surface area (Å²) in [5, 5.41) is 7.82. The third-order valence-electron chi connectivity index (χ3n) is 2.72. The van der Waals surface area contributed by atoms with Crippen molar-refractivity contribution in [2.24, 2.45) is 5.14 Å². The first-order chi connectivity index (χ1) is 9.29. The van der Waals surface area contributed by atoms with Crippen molar-refractivity contribution < 1.29 is 17.9 Å². The zero-order valence-electron chi connectivity index (χ0n) is 11.9. The summed E-state index contributed by atoms with van der Waals surface area (Å²) < 4.78 is 29.4. The first-order valence-corrected chi connectivity index (χ1v) is 7.95. The maximum Gasteiger partial charge on any atom is 0.268 e. The average Bonchev–Trinajstić information content (AvgIpc) is 2.80. The number of hydrogen-bond acceptors (Lipinski definition) is 4. The predicted octanol–water partition coefficient (Wildman–Crippen LogP) is 0.310. The fourth-order valence-corrected chi connectivity index (χ4v) is 2.28. The molecule has 0 aromatic carbocycles. The number of ether oxygens (including phenoxy) is 1. The van der Waals surface area contributed by atoms with Crippen LogP contribution in [0.3, 0.4) is 0 Å².